The Kier molecular flexibility index (Phi) is 24.4. The van der Waals surface area contributed by atoms with Crippen LogP contribution in [0.4, 0.5) is 5.69 Å². The van der Waals surface area contributed by atoms with E-state index in [9.17, 15) is 15.0 Å². The number of nitrogen functional groups attached to an aromatic ring is 1. The number of nitrogens with one attached hydrogen (secondary N) is 5. The first-order valence-electron chi connectivity index (χ1n) is 43.8. The number of benzene rings is 9. The fourth-order valence-corrected chi connectivity index (χ4v) is 20.8. The molecule has 21 aromatic rings. The Balaban J connectivity index is 0.000000112. The van der Waals surface area contributed by atoms with Crippen LogP contribution >= 0.6 is 0 Å². The average molecular weight is 1700 g/mol. The van der Waals surface area contributed by atoms with Gasteiger partial charge in [-0.3, -0.25) is 25.0 Å². The van der Waals surface area contributed by atoms with Crippen LogP contribution in [0.25, 0.3) is 176 Å². The summed E-state index contributed by atoms with van der Waals surface area (Å²) >= 11 is 0. The molecule has 0 amide bonds. The third-order valence-corrected chi connectivity index (χ3v) is 26.6. The molecule has 0 saturated heterocycles. The van der Waals surface area contributed by atoms with Crippen molar-refractivity contribution in [3.05, 3.63) is 303 Å². The van der Waals surface area contributed by atoms with Crippen LogP contribution in [-0.4, -0.2) is 80.0 Å². The SMILES string of the molecule is C.C.C.C.C.Cn1ccc2c3c4c(c(-c5ccc(O)cc5)nc3ccc21)CCCC4.Nc1ccc(-c2nc3ccc4[nH]ncc4c3c3c2CCCC3)cc1.O=c1ccc(-c2nc3ccc4[nH]ncc4c3c3c2CCCC3)c[nH]1.Oc1ccc(-c2nc3ccc4[nH]c5ccccc5c4c3c3c2CCCC3)cc1.c1cc(-c2[nH]c3ccc4nccc4c3c3c2CCCC3)ccn1. The van der Waals surface area contributed by atoms with E-state index in [1.165, 1.54) is 207 Å². The van der Waals surface area contributed by atoms with Crippen molar-refractivity contribution in [3.8, 4) is 67.8 Å². The third kappa shape index (κ3) is 15.7. The van der Waals surface area contributed by atoms with Crippen molar-refractivity contribution in [1.29, 1.82) is 0 Å². The van der Waals surface area contributed by atoms with Gasteiger partial charge in [0.2, 0.25) is 5.56 Å². The minimum absolute atomic E-state index is 0. The molecule has 18 nitrogen and oxygen atoms in total. The lowest BCUT2D eigenvalue weighted by Gasteiger charge is -2.22. The highest BCUT2D eigenvalue weighted by Gasteiger charge is 2.28. The lowest BCUT2D eigenvalue weighted by Crippen LogP contribution is -2.09. The lowest BCUT2D eigenvalue weighted by atomic mass is 9.85. The summed E-state index contributed by atoms with van der Waals surface area (Å²) in [5.74, 6) is 0.586. The Labute approximate surface area is 750 Å². The summed E-state index contributed by atoms with van der Waals surface area (Å²) in [7, 11) is 2.10. The quantitative estimate of drug-likeness (QED) is 0.0748. The standard InChI is InChI=1S/C25H20N2O.C22H20N2O.C20H18N4.C20H17N3.C19H16N4O.5CH4/c28-16-11-9-15(10-12-16)25-18-6-2-1-5-17(18)23-22(27-25)14-13-21-24(23)19-7-3-4-8-20(19)26-21;1-24-13-12-18-20(24)11-10-19-21(18)16-4-2-3-5-17(16)22(23-19)14-6-8-15(25)9-7-14;21-13-7-5-12(6-8-13)20-15-4-2-1-3-14(15)19-16-11-22-24-17(16)9-10-18(19)23-20;1-2-4-15-14(3-1)19-16-9-12-22-17(16)5-6-18(19)23-20(15)13-7-10-21-11-8-13;24-17-8-5-11(9-20-17)19-13-4-2-1-3-12(13)18-14-10-21-23-15(14)6-7-16(18)22-19;;;;;/h3-4,7-14,26,28H,1-2,5-6H2;6-13,25H,2-5H2,1H3;5-11H,1-4,21H2,(H,22,24);5-12,23H,1-4H2;5-10H,1-4H2,(H,20,24)(H,21,23);5*1H4. The van der Waals surface area contributed by atoms with Crippen molar-refractivity contribution in [2.24, 2.45) is 7.05 Å². The number of aromatic amines is 5. The van der Waals surface area contributed by atoms with E-state index in [2.05, 4.69) is 178 Å². The Bertz CT molecular complexity index is 7810. The number of phenols is 2. The number of aromatic nitrogens is 14. The van der Waals surface area contributed by atoms with Crippen molar-refractivity contribution < 1.29 is 10.2 Å². The average Bonchev–Trinajstić information content (AvgIpc) is 1.37. The number of rotatable bonds is 5. The summed E-state index contributed by atoms with van der Waals surface area (Å²) in [6.07, 6.45) is 36.6. The van der Waals surface area contributed by atoms with Gasteiger partial charge >= 0.3 is 0 Å². The number of para-hydroxylation sites is 1. The van der Waals surface area contributed by atoms with E-state index in [0.717, 1.165) is 159 Å². The number of H-pyrrole nitrogens is 5. The molecule has 5 aliphatic rings. The van der Waals surface area contributed by atoms with Gasteiger partial charge < -0.3 is 35.5 Å². The van der Waals surface area contributed by atoms with Crippen LogP contribution in [0.5, 0.6) is 11.5 Å². The summed E-state index contributed by atoms with van der Waals surface area (Å²) in [6, 6.07) is 64.6. The topological polar surface area (TPSA) is 271 Å². The Morgan fingerprint density at radius 2 is 0.752 bits per heavy atom. The lowest BCUT2D eigenvalue weighted by molar-refractivity contribution is 0.475. The van der Waals surface area contributed by atoms with Crippen LogP contribution in [-0.2, 0) is 71.3 Å². The first-order valence-corrected chi connectivity index (χ1v) is 43.8. The highest BCUT2D eigenvalue weighted by Crippen LogP contribution is 2.46. The third-order valence-electron chi connectivity index (χ3n) is 26.6. The molecule has 0 unspecified atom stereocenters. The van der Waals surface area contributed by atoms with Crippen LogP contribution in [0.1, 0.15) is 157 Å². The number of phenolic OH excluding ortho intramolecular Hbond substituents is 2. The normalized spacial score (nSPS) is 13.6. The minimum atomic E-state index is -0.0893. The highest BCUT2D eigenvalue weighted by molar-refractivity contribution is 6.21. The van der Waals surface area contributed by atoms with Crippen molar-refractivity contribution in [3.63, 3.8) is 0 Å². The molecule has 26 rings (SSSR count). The molecule has 0 radical (unpaired) electrons. The van der Waals surface area contributed by atoms with E-state index in [0.29, 0.717) is 11.5 Å². The molecule has 12 aromatic heterocycles. The predicted octanol–water partition coefficient (Wildman–Crippen LogP) is 26.5. The summed E-state index contributed by atoms with van der Waals surface area (Å²) in [5.41, 5.74) is 44.0. The summed E-state index contributed by atoms with van der Waals surface area (Å²) in [6.45, 7) is 0. The van der Waals surface area contributed by atoms with Crippen LogP contribution < -0.4 is 11.3 Å². The molecule has 648 valence electrons. The minimum Gasteiger partial charge on any atom is -0.508 e. The van der Waals surface area contributed by atoms with Crippen LogP contribution in [0.3, 0.4) is 0 Å². The summed E-state index contributed by atoms with van der Waals surface area (Å²) < 4.78 is 2.18. The second-order valence-electron chi connectivity index (χ2n) is 33.9. The number of nitrogens with two attached hydrogens (primary N) is 1. The Hall–Kier alpha value is -14.7. The molecule has 0 atom stereocenters. The van der Waals surface area contributed by atoms with E-state index in [4.69, 9.17) is 25.7 Å². The summed E-state index contributed by atoms with van der Waals surface area (Å²) in [5, 5.41) is 47.8. The number of aromatic hydroxyl groups is 2. The van der Waals surface area contributed by atoms with E-state index >= 15 is 0 Å². The zero-order valence-corrected chi connectivity index (χ0v) is 69.1. The Morgan fingerprint density at radius 1 is 0.333 bits per heavy atom. The van der Waals surface area contributed by atoms with E-state index in [1.807, 2.05) is 79.5 Å². The van der Waals surface area contributed by atoms with Gasteiger partial charge in [-0.25, -0.2) is 19.9 Å². The largest absolute Gasteiger partial charge is 0.508 e. The smallest absolute Gasteiger partial charge is 0.247 e. The van der Waals surface area contributed by atoms with Crippen molar-refractivity contribution in [2.45, 2.75) is 166 Å². The number of nitrogens with zero attached hydrogens (tertiary/aromatic N) is 9. The molecule has 0 spiro atoms. The molecule has 0 saturated carbocycles. The zero-order chi connectivity index (χ0) is 83.0. The van der Waals surface area contributed by atoms with Gasteiger partial charge in [-0.05, 0) is 342 Å². The van der Waals surface area contributed by atoms with Gasteiger partial charge in [-0.2, -0.15) is 10.2 Å². The van der Waals surface area contributed by atoms with E-state index in [-0.39, 0.29) is 42.7 Å². The number of fused-ring (bicyclic) bond motifs is 27. The van der Waals surface area contributed by atoms with Gasteiger partial charge in [-0.1, -0.05) is 67.5 Å². The molecule has 0 bridgehead atoms. The van der Waals surface area contributed by atoms with Gasteiger partial charge in [0.05, 0.1) is 73.8 Å². The maximum atomic E-state index is 11.4. The molecule has 9 aromatic carbocycles. The first kappa shape index (κ1) is 86.5. The highest BCUT2D eigenvalue weighted by atomic mass is 16.3. The number of hydrogen-bond acceptors (Lipinski definition) is 12. The number of hydrogen-bond donors (Lipinski definition) is 8. The van der Waals surface area contributed by atoms with Crippen molar-refractivity contribution in [1.82, 2.24) is 69.8 Å². The van der Waals surface area contributed by atoms with Gasteiger partial charge in [0.15, 0.2) is 0 Å². The predicted molar refractivity (Wildman–Crippen MR) is 536 cm³/mol. The van der Waals surface area contributed by atoms with E-state index < -0.39 is 0 Å². The molecule has 12 heterocycles. The molecular weight excluding hydrogens is 1590 g/mol. The van der Waals surface area contributed by atoms with Crippen LogP contribution in [0.15, 0.2) is 242 Å². The molecule has 5 aliphatic carbocycles. The molecular formula is C111H111N15O3. The Morgan fingerprint density at radius 3 is 1.26 bits per heavy atom. The molecule has 9 N–H and O–H groups in total. The second kappa shape index (κ2) is 36.4. The van der Waals surface area contributed by atoms with Crippen molar-refractivity contribution >= 4 is 126 Å². The maximum absolute atomic E-state index is 11.4. The molecule has 129 heavy (non-hydrogen) atoms. The summed E-state index contributed by atoms with van der Waals surface area (Å²) in [4.78, 5) is 50.2. The van der Waals surface area contributed by atoms with Gasteiger partial charge in [0, 0.05) is 165 Å². The fourth-order valence-electron chi connectivity index (χ4n) is 20.8. The molecule has 0 aliphatic heterocycles. The number of anilines is 1. The fraction of sp³-hybridized carbons (Fsp3) is 0.234. The molecule has 18 heteroatoms. The van der Waals surface area contributed by atoms with Gasteiger partial charge in [0.1, 0.15) is 11.5 Å². The zero-order valence-electron chi connectivity index (χ0n) is 69.1. The van der Waals surface area contributed by atoms with Crippen LogP contribution in [0.2, 0.25) is 0 Å². The second-order valence-corrected chi connectivity index (χ2v) is 33.9. The monoisotopic (exact) mass is 1700 g/mol. The van der Waals surface area contributed by atoms with Gasteiger partial charge in [0.25, 0.3) is 0 Å². The number of pyridine rings is 7. The maximum Gasteiger partial charge on any atom is 0.247 e. The van der Waals surface area contributed by atoms with E-state index in [1.54, 1.807) is 36.5 Å². The first-order chi connectivity index (χ1) is 61.0. The number of aryl methyl sites for hydroxylation is 6. The van der Waals surface area contributed by atoms with Crippen molar-refractivity contribution in [2.75, 3.05) is 5.73 Å². The molecule has 0 fully saturated rings. The van der Waals surface area contributed by atoms with Gasteiger partial charge in [-0.15, -0.1) is 0 Å². The van der Waals surface area contributed by atoms with Crippen LogP contribution in [0, 0.1) is 0 Å².